The molecule has 1 heterocycles. The Hall–Kier alpha value is -1.84. The number of aromatic nitrogens is 2. The molecule has 0 saturated heterocycles. The molecule has 0 aliphatic heterocycles. The van der Waals surface area contributed by atoms with Crippen LogP contribution in [0.3, 0.4) is 0 Å². The van der Waals surface area contributed by atoms with Gasteiger partial charge in [0.2, 0.25) is 5.95 Å². The van der Waals surface area contributed by atoms with E-state index in [2.05, 4.69) is 10.3 Å². The predicted molar refractivity (Wildman–Crippen MR) is 66.5 cm³/mol. The summed E-state index contributed by atoms with van der Waals surface area (Å²) in [7, 11) is 1.96. The van der Waals surface area contributed by atoms with Gasteiger partial charge >= 0.3 is 0 Å². The lowest BCUT2D eigenvalue weighted by molar-refractivity contribution is 0.627. The molecule has 0 bridgehead atoms. The first-order chi connectivity index (χ1) is 8.15. The second-order valence-electron chi connectivity index (χ2n) is 4.12. The fourth-order valence-corrected chi connectivity index (χ4v) is 1.75. The highest BCUT2D eigenvalue weighted by Crippen LogP contribution is 2.07. The minimum Gasteiger partial charge on any atom is -0.355 e. The van der Waals surface area contributed by atoms with Crippen LogP contribution in [-0.4, -0.2) is 16.1 Å². The van der Waals surface area contributed by atoms with Crippen LogP contribution in [0.5, 0.6) is 0 Å². The van der Waals surface area contributed by atoms with E-state index in [0.717, 1.165) is 30.2 Å². The quantitative estimate of drug-likeness (QED) is 0.879. The molecule has 1 aromatic carbocycles. The summed E-state index contributed by atoms with van der Waals surface area (Å²) >= 11 is 0. The monoisotopic (exact) mass is 233 g/mol. The Morgan fingerprint density at radius 2 is 2.00 bits per heavy atom. The van der Waals surface area contributed by atoms with Crippen molar-refractivity contribution < 1.29 is 4.39 Å². The molecule has 4 heteroatoms. The van der Waals surface area contributed by atoms with Gasteiger partial charge in [0.25, 0.3) is 0 Å². The maximum absolute atomic E-state index is 12.7. The van der Waals surface area contributed by atoms with Crippen molar-refractivity contribution in [1.82, 2.24) is 9.55 Å². The Kier molecular flexibility index (Phi) is 3.42. The molecule has 2 rings (SSSR count). The number of nitrogens with one attached hydrogen (secondary N) is 1. The third-order valence-electron chi connectivity index (χ3n) is 2.61. The Morgan fingerprint density at radius 3 is 2.59 bits per heavy atom. The average molecular weight is 233 g/mol. The van der Waals surface area contributed by atoms with Crippen LogP contribution >= 0.6 is 0 Å². The van der Waals surface area contributed by atoms with Crippen molar-refractivity contribution in [1.29, 1.82) is 0 Å². The Balaban J connectivity index is 1.87. The largest absolute Gasteiger partial charge is 0.355 e. The molecule has 0 atom stereocenters. The van der Waals surface area contributed by atoms with Crippen molar-refractivity contribution in [3.63, 3.8) is 0 Å². The van der Waals surface area contributed by atoms with Crippen molar-refractivity contribution >= 4 is 5.95 Å². The van der Waals surface area contributed by atoms with Gasteiger partial charge in [0.15, 0.2) is 0 Å². The fourth-order valence-electron chi connectivity index (χ4n) is 1.75. The number of hydrogen-bond donors (Lipinski definition) is 1. The number of halogens is 1. The lowest BCUT2D eigenvalue weighted by Crippen LogP contribution is -2.08. The lowest BCUT2D eigenvalue weighted by atomic mass is 10.1. The van der Waals surface area contributed by atoms with Crippen LogP contribution in [0.2, 0.25) is 0 Å². The molecule has 3 nitrogen and oxygen atoms in total. The molecule has 0 saturated carbocycles. The molecule has 0 aliphatic rings. The van der Waals surface area contributed by atoms with E-state index in [1.165, 1.54) is 12.1 Å². The van der Waals surface area contributed by atoms with Crippen LogP contribution in [0.25, 0.3) is 0 Å². The summed E-state index contributed by atoms with van der Waals surface area (Å²) in [6, 6.07) is 6.59. The summed E-state index contributed by atoms with van der Waals surface area (Å²) in [6.07, 6.45) is 2.83. The van der Waals surface area contributed by atoms with Gasteiger partial charge in [-0.25, -0.2) is 9.37 Å². The van der Waals surface area contributed by atoms with Gasteiger partial charge in [-0.15, -0.1) is 0 Å². The number of rotatable bonds is 4. The van der Waals surface area contributed by atoms with Gasteiger partial charge < -0.3 is 9.88 Å². The minimum atomic E-state index is -0.193. The van der Waals surface area contributed by atoms with Gasteiger partial charge in [-0.2, -0.15) is 0 Å². The summed E-state index contributed by atoms with van der Waals surface area (Å²) in [5, 5.41) is 3.25. The highest BCUT2D eigenvalue weighted by atomic mass is 19.1. The number of benzene rings is 1. The number of nitrogens with zero attached hydrogens (tertiary/aromatic N) is 2. The molecule has 0 amide bonds. The van der Waals surface area contributed by atoms with Crippen molar-refractivity contribution in [3.05, 3.63) is 47.5 Å². The first-order valence-electron chi connectivity index (χ1n) is 5.63. The van der Waals surface area contributed by atoms with Crippen molar-refractivity contribution in [2.45, 2.75) is 13.3 Å². The van der Waals surface area contributed by atoms with Gasteiger partial charge in [0, 0.05) is 19.8 Å². The van der Waals surface area contributed by atoms with Crippen molar-refractivity contribution in [3.8, 4) is 0 Å². The number of hydrogen-bond acceptors (Lipinski definition) is 2. The SMILES string of the molecule is Cc1cn(C)c(NCCc2ccc(F)cc2)n1. The van der Waals surface area contributed by atoms with Crippen LogP contribution in [0, 0.1) is 12.7 Å². The predicted octanol–water partition coefficient (Wildman–Crippen LogP) is 2.52. The van der Waals surface area contributed by atoms with E-state index in [9.17, 15) is 4.39 Å². The number of anilines is 1. The standard InChI is InChI=1S/C13H16FN3/c1-10-9-17(2)13(16-10)15-8-7-11-3-5-12(14)6-4-11/h3-6,9H,7-8H2,1-2H3,(H,15,16). The van der Waals surface area contributed by atoms with Gasteiger partial charge in [0.1, 0.15) is 5.82 Å². The zero-order valence-electron chi connectivity index (χ0n) is 10.1. The van der Waals surface area contributed by atoms with Crippen LogP contribution in [0.4, 0.5) is 10.3 Å². The molecule has 0 radical (unpaired) electrons. The van der Waals surface area contributed by atoms with Crippen molar-refractivity contribution in [2.24, 2.45) is 7.05 Å². The maximum Gasteiger partial charge on any atom is 0.202 e. The van der Waals surface area contributed by atoms with E-state index in [4.69, 9.17) is 0 Å². The first-order valence-corrected chi connectivity index (χ1v) is 5.63. The third kappa shape index (κ3) is 3.06. The smallest absolute Gasteiger partial charge is 0.202 e. The Labute approximate surface area is 100 Å². The van der Waals surface area contributed by atoms with Crippen molar-refractivity contribution in [2.75, 3.05) is 11.9 Å². The van der Waals surface area contributed by atoms with Crippen LogP contribution in [0.15, 0.2) is 30.5 Å². The van der Waals surface area contributed by atoms with Crippen LogP contribution in [0.1, 0.15) is 11.3 Å². The molecule has 0 unspecified atom stereocenters. The highest BCUT2D eigenvalue weighted by molar-refractivity contribution is 5.29. The van der Waals surface area contributed by atoms with E-state index >= 15 is 0 Å². The van der Waals surface area contributed by atoms with Crippen LogP contribution in [-0.2, 0) is 13.5 Å². The third-order valence-corrected chi connectivity index (χ3v) is 2.61. The Morgan fingerprint density at radius 1 is 1.29 bits per heavy atom. The fraction of sp³-hybridized carbons (Fsp3) is 0.308. The summed E-state index contributed by atoms with van der Waals surface area (Å²) in [4.78, 5) is 4.35. The van der Waals surface area contributed by atoms with E-state index in [1.54, 1.807) is 12.1 Å². The molecular weight excluding hydrogens is 217 g/mol. The normalized spacial score (nSPS) is 10.5. The molecule has 0 aliphatic carbocycles. The highest BCUT2D eigenvalue weighted by Gasteiger charge is 2.01. The number of aryl methyl sites for hydroxylation is 2. The molecule has 0 fully saturated rings. The zero-order chi connectivity index (χ0) is 12.3. The van der Waals surface area contributed by atoms with Gasteiger partial charge in [-0.3, -0.25) is 0 Å². The van der Waals surface area contributed by atoms with Gasteiger partial charge in [-0.1, -0.05) is 12.1 Å². The summed E-state index contributed by atoms with van der Waals surface area (Å²) in [6.45, 7) is 2.75. The summed E-state index contributed by atoms with van der Waals surface area (Å²) in [5.74, 6) is 0.672. The second kappa shape index (κ2) is 4.99. The van der Waals surface area contributed by atoms with E-state index in [1.807, 2.05) is 24.7 Å². The second-order valence-corrected chi connectivity index (χ2v) is 4.12. The first kappa shape index (κ1) is 11.6. The van der Waals surface area contributed by atoms with E-state index in [0.29, 0.717) is 0 Å². The van der Waals surface area contributed by atoms with Crippen LogP contribution < -0.4 is 5.32 Å². The lowest BCUT2D eigenvalue weighted by Gasteiger charge is -2.05. The topological polar surface area (TPSA) is 29.9 Å². The Bertz CT molecular complexity index is 488. The molecule has 90 valence electrons. The molecular formula is C13H16FN3. The summed E-state index contributed by atoms with van der Waals surface area (Å²) in [5.41, 5.74) is 2.11. The summed E-state index contributed by atoms with van der Waals surface area (Å²) < 4.78 is 14.7. The van der Waals surface area contributed by atoms with E-state index < -0.39 is 0 Å². The zero-order valence-corrected chi connectivity index (χ0v) is 10.1. The molecule has 17 heavy (non-hydrogen) atoms. The number of imidazole rings is 1. The maximum atomic E-state index is 12.7. The van der Waals surface area contributed by atoms with Gasteiger partial charge in [-0.05, 0) is 31.0 Å². The molecule has 2 aromatic rings. The van der Waals surface area contributed by atoms with Gasteiger partial charge in [0.05, 0.1) is 5.69 Å². The average Bonchev–Trinajstić information content (AvgIpc) is 2.60. The van der Waals surface area contributed by atoms with E-state index in [-0.39, 0.29) is 5.82 Å². The molecule has 1 N–H and O–H groups in total. The molecule has 1 aromatic heterocycles. The molecule has 0 spiro atoms. The minimum absolute atomic E-state index is 0.193.